The normalized spacial score (nSPS) is 19.6. The molecular formula is C17H29N3O. The molecule has 2 N–H and O–H groups in total. The van der Waals surface area contributed by atoms with Crippen LogP contribution in [0.2, 0.25) is 0 Å². The first kappa shape index (κ1) is 16.2. The van der Waals surface area contributed by atoms with E-state index in [1.54, 1.807) is 0 Å². The molecule has 0 aromatic carbocycles. The lowest BCUT2D eigenvalue weighted by Gasteiger charge is -2.29. The number of aromatic nitrogens is 1. The number of anilines is 1. The molecule has 1 aliphatic rings. The van der Waals surface area contributed by atoms with Crippen molar-refractivity contribution in [3.8, 4) is 0 Å². The summed E-state index contributed by atoms with van der Waals surface area (Å²) in [6.07, 6.45) is 2.41. The fourth-order valence-electron chi connectivity index (χ4n) is 2.70. The Labute approximate surface area is 128 Å². The first-order valence-electron chi connectivity index (χ1n) is 7.90. The number of ether oxygens (including phenoxy) is 1. The van der Waals surface area contributed by atoms with Gasteiger partial charge in [0, 0.05) is 37.9 Å². The molecule has 2 rings (SSSR count). The van der Waals surface area contributed by atoms with E-state index in [1.807, 2.05) is 0 Å². The van der Waals surface area contributed by atoms with Gasteiger partial charge in [-0.25, -0.2) is 4.98 Å². The SMILES string of the molecule is CN(CC1CCCOC1)c1cc(CN)cc(C(C)(C)C)n1. The zero-order valence-corrected chi connectivity index (χ0v) is 13.9. The van der Waals surface area contributed by atoms with Crippen molar-refractivity contribution in [1.82, 2.24) is 4.98 Å². The highest BCUT2D eigenvalue weighted by Gasteiger charge is 2.20. The van der Waals surface area contributed by atoms with Crippen molar-refractivity contribution in [2.24, 2.45) is 11.7 Å². The summed E-state index contributed by atoms with van der Waals surface area (Å²) in [6, 6.07) is 4.24. The van der Waals surface area contributed by atoms with E-state index in [1.165, 1.54) is 12.8 Å². The third kappa shape index (κ3) is 4.42. The van der Waals surface area contributed by atoms with E-state index < -0.39 is 0 Å². The minimum absolute atomic E-state index is 0.0364. The van der Waals surface area contributed by atoms with Crippen LogP contribution in [0.4, 0.5) is 5.82 Å². The Hall–Kier alpha value is -1.13. The third-order valence-corrected chi connectivity index (χ3v) is 4.05. The average Bonchev–Trinajstić information content (AvgIpc) is 2.46. The molecule has 1 fully saturated rings. The molecule has 1 saturated heterocycles. The number of nitrogens with zero attached hydrogens (tertiary/aromatic N) is 2. The van der Waals surface area contributed by atoms with Crippen molar-refractivity contribution in [3.05, 3.63) is 23.4 Å². The van der Waals surface area contributed by atoms with Gasteiger partial charge in [-0.2, -0.15) is 0 Å². The Bertz CT molecular complexity index is 462. The van der Waals surface area contributed by atoms with Crippen molar-refractivity contribution in [3.63, 3.8) is 0 Å². The Morgan fingerprint density at radius 3 is 2.71 bits per heavy atom. The summed E-state index contributed by atoms with van der Waals surface area (Å²) < 4.78 is 5.57. The molecule has 0 radical (unpaired) electrons. The smallest absolute Gasteiger partial charge is 0.128 e. The monoisotopic (exact) mass is 291 g/mol. The molecule has 1 aromatic heterocycles. The predicted octanol–water partition coefficient (Wildman–Crippen LogP) is 2.70. The lowest BCUT2D eigenvalue weighted by molar-refractivity contribution is 0.0576. The second-order valence-corrected chi connectivity index (χ2v) is 7.14. The molecule has 1 aromatic rings. The summed E-state index contributed by atoms with van der Waals surface area (Å²) in [5.41, 5.74) is 8.14. The van der Waals surface area contributed by atoms with Crippen molar-refractivity contribution >= 4 is 5.82 Å². The maximum atomic E-state index is 5.85. The summed E-state index contributed by atoms with van der Waals surface area (Å²) in [6.45, 7) is 9.89. The maximum Gasteiger partial charge on any atom is 0.128 e. The van der Waals surface area contributed by atoms with Gasteiger partial charge in [0.05, 0.1) is 6.61 Å². The number of nitrogens with two attached hydrogens (primary N) is 1. The van der Waals surface area contributed by atoms with Crippen LogP contribution in [0.25, 0.3) is 0 Å². The van der Waals surface area contributed by atoms with Gasteiger partial charge in [0.25, 0.3) is 0 Å². The van der Waals surface area contributed by atoms with Gasteiger partial charge in [0.1, 0.15) is 5.82 Å². The number of hydrogen-bond acceptors (Lipinski definition) is 4. The lowest BCUT2D eigenvalue weighted by atomic mass is 9.90. The lowest BCUT2D eigenvalue weighted by Crippen LogP contribution is -2.32. The Kier molecular flexibility index (Phi) is 5.22. The topological polar surface area (TPSA) is 51.4 Å². The van der Waals surface area contributed by atoms with E-state index in [4.69, 9.17) is 15.5 Å². The molecule has 0 bridgehead atoms. The van der Waals surface area contributed by atoms with Crippen molar-refractivity contribution in [2.75, 3.05) is 31.7 Å². The highest BCUT2D eigenvalue weighted by Crippen LogP contribution is 2.25. The quantitative estimate of drug-likeness (QED) is 0.926. The minimum atomic E-state index is 0.0364. The molecule has 1 unspecified atom stereocenters. The van der Waals surface area contributed by atoms with Crippen LogP contribution in [0.1, 0.15) is 44.9 Å². The third-order valence-electron chi connectivity index (χ3n) is 4.05. The first-order valence-corrected chi connectivity index (χ1v) is 7.90. The second kappa shape index (κ2) is 6.75. The van der Waals surface area contributed by atoms with Crippen LogP contribution in [0, 0.1) is 5.92 Å². The highest BCUT2D eigenvalue weighted by atomic mass is 16.5. The van der Waals surface area contributed by atoms with Crippen LogP contribution in [-0.2, 0) is 16.7 Å². The Morgan fingerprint density at radius 2 is 2.14 bits per heavy atom. The Balaban J connectivity index is 2.17. The maximum absolute atomic E-state index is 5.85. The van der Waals surface area contributed by atoms with Gasteiger partial charge in [0.15, 0.2) is 0 Å². The minimum Gasteiger partial charge on any atom is -0.381 e. The molecule has 0 amide bonds. The molecular weight excluding hydrogens is 262 g/mol. The van der Waals surface area contributed by atoms with Gasteiger partial charge in [-0.15, -0.1) is 0 Å². The summed E-state index contributed by atoms with van der Waals surface area (Å²) in [5, 5.41) is 0. The number of hydrogen-bond donors (Lipinski definition) is 1. The van der Waals surface area contributed by atoms with Gasteiger partial charge in [-0.3, -0.25) is 0 Å². The van der Waals surface area contributed by atoms with E-state index in [2.05, 4.69) is 44.9 Å². The second-order valence-electron chi connectivity index (χ2n) is 7.14. The Morgan fingerprint density at radius 1 is 1.38 bits per heavy atom. The van der Waals surface area contributed by atoms with Crippen LogP contribution >= 0.6 is 0 Å². The van der Waals surface area contributed by atoms with Crippen molar-refractivity contribution in [2.45, 2.75) is 45.6 Å². The van der Waals surface area contributed by atoms with E-state index in [0.29, 0.717) is 12.5 Å². The zero-order chi connectivity index (χ0) is 15.5. The summed E-state index contributed by atoms with van der Waals surface area (Å²) in [5.74, 6) is 1.62. The van der Waals surface area contributed by atoms with Crippen LogP contribution in [0.15, 0.2) is 12.1 Å². The molecule has 1 aliphatic heterocycles. The van der Waals surface area contributed by atoms with Gasteiger partial charge < -0.3 is 15.4 Å². The molecule has 2 heterocycles. The van der Waals surface area contributed by atoms with Crippen molar-refractivity contribution < 1.29 is 4.74 Å². The highest BCUT2D eigenvalue weighted by molar-refractivity contribution is 5.43. The molecule has 0 saturated carbocycles. The van der Waals surface area contributed by atoms with Gasteiger partial charge >= 0.3 is 0 Å². The zero-order valence-electron chi connectivity index (χ0n) is 13.9. The van der Waals surface area contributed by atoms with Crippen LogP contribution in [0.3, 0.4) is 0 Å². The van der Waals surface area contributed by atoms with Crippen LogP contribution < -0.4 is 10.6 Å². The number of pyridine rings is 1. The standard InChI is InChI=1S/C17H29N3O/c1-17(2,3)15-8-14(10-18)9-16(19-15)20(4)11-13-6-5-7-21-12-13/h8-9,13H,5-7,10-12,18H2,1-4H3. The fraction of sp³-hybridized carbons (Fsp3) is 0.706. The molecule has 4 heteroatoms. The van der Waals surface area contributed by atoms with Crippen molar-refractivity contribution in [1.29, 1.82) is 0 Å². The molecule has 21 heavy (non-hydrogen) atoms. The van der Waals surface area contributed by atoms with Gasteiger partial charge in [-0.05, 0) is 36.5 Å². The molecule has 4 nitrogen and oxygen atoms in total. The molecule has 1 atom stereocenters. The largest absolute Gasteiger partial charge is 0.381 e. The average molecular weight is 291 g/mol. The first-order chi connectivity index (χ1) is 9.90. The summed E-state index contributed by atoms with van der Waals surface area (Å²) in [4.78, 5) is 7.09. The van der Waals surface area contributed by atoms with Crippen LogP contribution in [0.5, 0.6) is 0 Å². The predicted molar refractivity (Wildman–Crippen MR) is 87.6 cm³/mol. The van der Waals surface area contributed by atoms with Gasteiger partial charge in [0.2, 0.25) is 0 Å². The molecule has 118 valence electrons. The van der Waals surface area contributed by atoms with E-state index >= 15 is 0 Å². The molecule has 0 spiro atoms. The van der Waals surface area contributed by atoms with Crippen LogP contribution in [-0.4, -0.2) is 31.8 Å². The summed E-state index contributed by atoms with van der Waals surface area (Å²) in [7, 11) is 2.11. The van der Waals surface area contributed by atoms with E-state index in [9.17, 15) is 0 Å². The molecule has 0 aliphatic carbocycles. The van der Waals surface area contributed by atoms with E-state index in [0.717, 1.165) is 36.8 Å². The summed E-state index contributed by atoms with van der Waals surface area (Å²) >= 11 is 0. The fourth-order valence-corrected chi connectivity index (χ4v) is 2.70. The number of rotatable bonds is 4. The van der Waals surface area contributed by atoms with E-state index in [-0.39, 0.29) is 5.41 Å². The van der Waals surface area contributed by atoms with Gasteiger partial charge in [-0.1, -0.05) is 20.8 Å².